The number of imide groups is 1. The summed E-state index contributed by atoms with van der Waals surface area (Å²) in [6, 6.07) is -0.238. The minimum Gasteiger partial charge on any atom is -0.365 e. The van der Waals surface area contributed by atoms with Gasteiger partial charge in [-0.2, -0.15) is 0 Å². The first-order chi connectivity index (χ1) is 8.65. The molecule has 2 N–H and O–H groups in total. The van der Waals surface area contributed by atoms with Crippen molar-refractivity contribution >= 4 is 11.8 Å². The van der Waals surface area contributed by atoms with Gasteiger partial charge in [-0.15, -0.1) is 0 Å². The summed E-state index contributed by atoms with van der Waals surface area (Å²) < 4.78 is 5.56. The molecule has 2 heterocycles. The first-order valence-corrected chi connectivity index (χ1v) is 6.56. The lowest BCUT2D eigenvalue weighted by molar-refractivity contribution is -0.134. The van der Waals surface area contributed by atoms with E-state index in [1.54, 1.807) is 0 Å². The zero-order valence-electron chi connectivity index (χ0n) is 10.4. The SMILES string of the molecule is CC1C=CC2OC2C1CNC1CCC(=O)NC1=O. The van der Waals surface area contributed by atoms with Gasteiger partial charge in [0.25, 0.3) is 0 Å². The van der Waals surface area contributed by atoms with Gasteiger partial charge < -0.3 is 10.1 Å². The molecule has 2 amide bonds. The maximum absolute atomic E-state index is 11.6. The lowest BCUT2D eigenvalue weighted by atomic mass is 9.85. The van der Waals surface area contributed by atoms with Crippen molar-refractivity contribution < 1.29 is 14.3 Å². The Morgan fingerprint density at radius 3 is 3.06 bits per heavy atom. The quantitative estimate of drug-likeness (QED) is 0.419. The Kier molecular flexibility index (Phi) is 2.95. The number of piperidine rings is 1. The van der Waals surface area contributed by atoms with E-state index < -0.39 is 0 Å². The van der Waals surface area contributed by atoms with E-state index in [1.807, 2.05) is 0 Å². The molecule has 5 heteroatoms. The first-order valence-electron chi connectivity index (χ1n) is 6.56. The van der Waals surface area contributed by atoms with Gasteiger partial charge in [-0.05, 0) is 12.3 Å². The molecule has 3 rings (SSSR count). The van der Waals surface area contributed by atoms with E-state index in [4.69, 9.17) is 4.74 Å². The van der Waals surface area contributed by atoms with Crippen molar-refractivity contribution in [3.05, 3.63) is 12.2 Å². The van der Waals surface area contributed by atoms with Gasteiger partial charge in [-0.25, -0.2) is 0 Å². The van der Waals surface area contributed by atoms with Gasteiger partial charge in [0, 0.05) is 18.9 Å². The van der Waals surface area contributed by atoms with Gasteiger partial charge in [0.05, 0.1) is 12.1 Å². The molecule has 0 aromatic rings. The maximum Gasteiger partial charge on any atom is 0.243 e. The second kappa shape index (κ2) is 4.48. The summed E-state index contributed by atoms with van der Waals surface area (Å²) in [6.45, 7) is 2.93. The molecule has 1 aliphatic carbocycles. The smallest absolute Gasteiger partial charge is 0.243 e. The number of allylic oxidation sites excluding steroid dienone is 1. The summed E-state index contributed by atoms with van der Waals surface area (Å²) in [5.74, 6) is 0.524. The van der Waals surface area contributed by atoms with E-state index in [0.717, 1.165) is 6.54 Å². The monoisotopic (exact) mass is 250 g/mol. The molecule has 98 valence electrons. The molecule has 2 saturated heterocycles. The summed E-state index contributed by atoms with van der Waals surface area (Å²) in [5.41, 5.74) is 0. The Morgan fingerprint density at radius 2 is 2.28 bits per heavy atom. The van der Waals surface area contributed by atoms with Crippen LogP contribution in [0.3, 0.4) is 0 Å². The summed E-state index contributed by atoms with van der Waals surface area (Å²) in [5, 5.41) is 5.64. The van der Waals surface area contributed by atoms with Crippen molar-refractivity contribution in [3.63, 3.8) is 0 Å². The average Bonchev–Trinajstić information content (AvgIpc) is 3.09. The van der Waals surface area contributed by atoms with Crippen molar-refractivity contribution in [2.75, 3.05) is 6.54 Å². The summed E-state index contributed by atoms with van der Waals surface area (Å²) in [6.07, 6.45) is 5.92. The van der Waals surface area contributed by atoms with Crippen molar-refractivity contribution in [2.24, 2.45) is 11.8 Å². The van der Waals surface area contributed by atoms with Crippen LogP contribution < -0.4 is 10.6 Å². The van der Waals surface area contributed by atoms with Crippen molar-refractivity contribution in [2.45, 2.75) is 38.0 Å². The number of epoxide rings is 1. The summed E-state index contributed by atoms with van der Waals surface area (Å²) in [4.78, 5) is 22.7. The Labute approximate surface area is 106 Å². The molecular weight excluding hydrogens is 232 g/mol. The minimum atomic E-state index is -0.238. The standard InChI is InChI=1S/C13H18N2O3/c1-7-2-4-10-12(18-10)8(7)6-14-9-3-5-11(16)15-13(9)17/h2,4,7-10,12,14H,3,5-6H2,1H3,(H,15,16,17). The highest BCUT2D eigenvalue weighted by molar-refractivity contribution is 6.00. The van der Waals surface area contributed by atoms with Gasteiger partial charge in [0.15, 0.2) is 0 Å². The van der Waals surface area contributed by atoms with Crippen LogP contribution in [-0.4, -0.2) is 36.6 Å². The van der Waals surface area contributed by atoms with Gasteiger partial charge in [0.1, 0.15) is 6.10 Å². The first kappa shape index (κ1) is 11.9. The third kappa shape index (κ3) is 2.20. The van der Waals surface area contributed by atoms with Crippen LogP contribution in [0.2, 0.25) is 0 Å². The zero-order valence-corrected chi connectivity index (χ0v) is 10.4. The number of nitrogens with one attached hydrogen (secondary N) is 2. The molecule has 3 aliphatic rings. The number of hydrogen-bond donors (Lipinski definition) is 2. The normalized spacial score (nSPS) is 42.4. The van der Waals surface area contributed by atoms with E-state index in [2.05, 4.69) is 29.7 Å². The van der Waals surface area contributed by atoms with Crippen LogP contribution in [0.25, 0.3) is 0 Å². The molecule has 18 heavy (non-hydrogen) atoms. The fraction of sp³-hybridized carbons (Fsp3) is 0.692. The molecule has 0 spiro atoms. The largest absolute Gasteiger partial charge is 0.365 e. The number of carbonyl (C=O) groups excluding carboxylic acids is 2. The Hall–Kier alpha value is -1.20. The molecule has 0 radical (unpaired) electrons. The van der Waals surface area contributed by atoms with Crippen LogP contribution in [0.1, 0.15) is 19.8 Å². The van der Waals surface area contributed by atoms with Crippen LogP contribution in [0.15, 0.2) is 12.2 Å². The summed E-state index contributed by atoms with van der Waals surface area (Å²) in [7, 11) is 0. The van der Waals surface area contributed by atoms with Crippen molar-refractivity contribution in [1.82, 2.24) is 10.6 Å². The average molecular weight is 250 g/mol. The minimum absolute atomic E-state index is 0.169. The lowest BCUT2D eigenvalue weighted by Crippen LogP contribution is -2.52. The van der Waals surface area contributed by atoms with Crippen LogP contribution >= 0.6 is 0 Å². The molecule has 2 fully saturated rings. The Bertz CT molecular complexity index is 407. The molecule has 2 aliphatic heterocycles. The third-order valence-electron chi connectivity index (χ3n) is 4.10. The summed E-state index contributed by atoms with van der Waals surface area (Å²) >= 11 is 0. The zero-order chi connectivity index (χ0) is 12.7. The molecule has 0 bridgehead atoms. The number of carbonyl (C=O) groups is 2. The van der Waals surface area contributed by atoms with E-state index in [-0.39, 0.29) is 24.0 Å². The number of amides is 2. The molecule has 5 atom stereocenters. The third-order valence-corrected chi connectivity index (χ3v) is 4.10. The lowest BCUT2D eigenvalue weighted by Gasteiger charge is -2.27. The second-order valence-electron chi connectivity index (χ2n) is 5.39. The number of ether oxygens (including phenoxy) is 1. The van der Waals surface area contributed by atoms with E-state index in [0.29, 0.717) is 30.8 Å². The van der Waals surface area contributed by atoms with Gasteiger partial charge in [0.2, 0.25) is 11.8 Å². The van der Waals surface area contributed by atoms with E-state index in [9.17, 15) is 9.59 Å². The predicted octanol–water partition coefficient (Wildman–Crippen LogP) is -0.0293. The van der Waals surface area contributed by atoms with Crippen LogP contribution in [-0.2, 0) is 14.3 Å². The van der Waals surface area contributed by atoms with Gasteiger partial charge in [-0.3, -0.25) is 14.9 Å². The fourth-order valence-electron chi connectivity index (χ4n) is 2.83. The van der Waals surface area contributed by atoms with Crippen LogP contribution in [0, 0.1) is 11.8 Å². The number of rotatable bonds is 3. The number of hydrogen-bond acceptors (Lipinski definition) is 4. The van der Waals surface area contributed by atoms with Crippen molar-refractivity contribution in [3.8, 4) is 0 Å². The van der Waals surface area contributed by atoms with E-state index in [1.165, 1.54) is 0 Å². The highest BCUT2D eigenvalue weighted by Gasteiger charge is 2.47. The molecule has 0 aromatic heterocycles. The molecule has 0 aromatic carbocycles. The van der Waals surface area contributed by atoms with Crippen LogP contribution in [0.5, 0.6) is 0 Å². The Balaban J connectivity index is 1.53. The molecular formula is C13H18N2O3. The van der Waals surface area contributed by atoms with Crippen molar-refractivity contribution in [1.29, 1.82) is 0 Å². The molecule has 5 unspecified atom stereocenters. The highest BCUT2D eigenvalue weighted by Crippen LogP contribution is 2.39. The molecule has 5 nitrogen and oxygen atoms in total. The fourth-order valence-corrected chi connectivity index (χ4v) is 2.83. The van der Waals surface area contributed by atoms with E-state index >= 15 is 0 Å². The molecule has 0 saturated carbocycles. The Morgan fingerprint density at radius 1 is 1.44 bits per heavy atom. The maximum atomic E-state index is 11.6. The topological polar surface area (TPSA) is 70.7 Å². The highest BCUT2D eigenvalue weighted by atomic mass is 16.6. The van der Waals surface area contributed by atoms with Crippen LogP contribution in [0.4, 0.5) is 0 Å². The van der Waals surface area contributed by atoms with Gasteiger partial charge >= 0.3 is 0 Å². The second-order valence-corrected chi connectivity index (χ2v) is 5.39. The number of fused-ring (bicyclic) bond motifs is 1. The predicted molar refractivity (Wildman–Crippen MR) is 64.6 cm³/mol. The van der Waals surface area contributed by atoms with Gasteiger partial charge in [-0.1, -0.05) is 19.1 Å².